The van der Waals surface area contributed by atoms with Crippen LogP contribution in [-0.4, -0.2) is 29.2 Å². The van der Waals surface area contributed by atoms with Crippen molar-refractivity contribution in [3.8, 4) is 0 Å². The quantitative estimate of drug-likeness (QED) is 0.661. The van der Waals surface area contributed by atoms with Crippen molar-refractivity contribution in [2.45, 2.75) is 58.6 Å². The summed E-state index contributed by atoms with van der Waals surface area (Å²) in [6, 6.07) is 0.375. The number of nitrogens with zero attached hydrogens (tertiary/aromatic N) is 1. The molecule has 0 spiro atoms. The van der Waals surface area contributed by atoms with E-state index in [4.69, 9.17) is 4.74 Å². The Hall–Kier alpha value is -0.730. The van der Waals surface area contributed by atoms with Gasteiger partial charge in [-0.2, -0.15) is 0 Å². The second-order valence-electron chi connectivity index (χ2n) is 7.45. The van der Waals surface area contributed by atoms with Crippen molar-refractivity contribution in [1.29, 1.82) is 0 Å². The number of hydrogen-bond acceptors (Lipinski definition) is 2. The molecule has 102 valence electrons. The third kappa shape index (κ3) is 1.83. The smallest absolute Gasteiger partial charge is 0.410 e. The molecule has 3 aliphatic rings. The molecule has 2 saturated carbocycles. The van der Waals surface area contributed by atoms with Crippen molar-refractivity contribution < 1.29 is 9.53 Å². The van der Waals surface area contributed by atoms with Crippen LogP contribution in [0.15, 0.2) is 0 Å². The zero-order chi connectivity index (χ0) is 13.1. The van der Waals surface area contributed by atoms with Crippen molar-refractivity contribution in [1.82, 2.24) is 4.90 Å². The lowest BCUT2D eigenvalue weighted by atomic mass is 9.79. The third-order valence-electron chi connectivity index (χ3n) is 5.24. The maximum absolute atomic E-state index is 12.2. The predicted octanol–water partition coefficient (Wildman–Crippen LogP) is 3.29. The molecule has 5 unspecified atom stereocenters. The van der Waals surface area contributed by atoms with Crippen molar-refractivity contribution in [2.75, 3.05) is 6.54 Å². The van der Waals surface area contributed by atoms with E-state index in [1.165, 1.54) is 19.3 Å². The standard InChI is InChI=1S/C15H25NO2/c1-9-13-11-6-5-10(7-11)12(13)8-16(9)14(17)18-15(2,3)4/h9-13H,5-8H2,1-4H3. The first kappa shape index (κ1) is 12.3. The summed E-state index contributed by atoms with van der Waals surface area (Å²) in [5.74, 6) is 3.26. The molecule has 3 nitrogen and oxygen atoms in total. The maximum Gasteiger partial charge on any atom is 0.410 e. The zero-order valence-corrected chi connectivity index (χ0v) is 12.0. The van der Waals surface area contributed by atoms with Gasteiger partial charge in [-0.3, -0.25) is 0 Å². The van der Waals surface area contributed by atoms with Crippen LogP contribution in [0.4, 0.5) is 4.79 Å². The van der Waals surface area contributed by atoms with Crippen LogP contribution in [0.5, 0.6) is 0 Å². The van der Waals surface area contributed by atoms with Crippen LogP contribution in [-0.2, 0) is 4.74 Å². The van der Waals surface area contributed by atoms with Gasteiger partial charge in [0.05, 0.1) is 0 Å². The summed E-state index contributed by atoms with van der Waals surface area (Å²) in [4.78, 5) is 14.2. The Bertz CT molecular complexity index is 360. The van der Waals surface area contributed by atoms with Crippen molar-refractivity contribution in [3.63, 3.8) is 0 Å². The molecule has 0 radical (unpaired) electrons. The van der Waals surface area contributed by atoms with Gasteiger partial charge in [0.2, 0.25) is 0 Å². The van der Waals surface area contributed by atoms with Gasteiger partial charge >= 0.3 is 6.09 Å². The largest absolute Gasteiger partial charge is 0.444 e. The van der Waals surface area contributed by atoms with E-state index in [-0.39, 0.29) is 11.7 Å². The van der Waals surface area contributed by atoms with Crippen LogP contribution in [0.2, 0.25) is 0 Å². The van der Waals surface area contributed by atoms with E-state index in [0.29, 0.717) is 6.04 Å². The highest BCUT2D eigenvalue weighted by molar-refractivity contribution is 5.69. The van der Waals surface area contributed by atoms with Crippen LogP contribution < -0.4 is 0 Å². The number of rotatable bonds is 0. The number of likely N-dealkylation sites (tertiary alicyclic amines) is 1. The first-order valence-electron chi connectivity index (χ1n) is 7.36. The van der Waals surface area contributed by atoms with Crippen molar-refractivity contribution in [2.24, 2.45) is 23.7 Å². The molecule has 0 aromatic rings. The Kier molecular flexibility index (Phi) is 2.65. The van der Waals surface area contributed by atoms with E-state index in [1.54, 1.807) is 0 Å². The van der Waals surface area contributed by atoms with Crippen LogP contribution in [0, 0.1) is 23.7 Å². The molecule has 2 bridgehead atoms. The Morgan fingerprint density at radius 3 is 2.50 bits per heavy atom. The molecular formula is C15H25NO2. The number of fused-ring (bicyclic) bond motifs is 5. The molecule has 0 aromatic heterocycles. The topological polar surface area (TPSA) is 29.5 Å². The lowest BCUT2D eigenvalue weighted by Gasteiger charge is -2.30. The molecule has 2 aliphatic carbocycles. The van der Waals surface area contributed by atoms with Gasteiger partial charge in [0, 0.05) is 12.6 Å². The molecule has 3 heteroatoms. The number of ether oxygens (including phenoxy) is 1. The Morgan fingerprint density at radius 2 is 1.89 bits per heavy atom. The molecule has 3 rings (SSSR count). The molecule has 1 aliphatic heterocycles. The molecule has 5 atom stereocenters. The lowest BCUT2D eigenvalue weighted by molar-refractivity contribution is 0.0208. The van der Waals surface area contributed by atoms with Crippen LogP contribution in [0.25, 0.3) is 0 Å². The van der Waals surface area contributed by atoms with Gasteiger partial charge in [-0.05, 0) is 70.6 Å². The highest BCUT2D eigenvalue weighted by Crippen LogP contribution is 2.57. The highest BCUT2D eigenvalue weighted by atomic mass is 16.6. The van der Waals surface area contributed by atoms with E-state index >= 15 is 0 Å². The number of amides is 1. The number of carbonyl (C=O) groups is 1. The summed E-state index contributed by atoms with van der Waals surface area (Å²) in [6.45, 7) is 8.97. The normalized spacial score (nSPS) is 42.2. The summed E-state index contributed by atoms with van der Waals surface area (Å²) in [5.41, 5.74) is -0.381. The minimum absolute atomic E-state index is 0.108. The first-order chi connectivity index (χ1) is 8.37. The average Bonchev–Trinajstić information content (AvgIpc) is 2.87. The monoisotopic (exact) mass is 251 g/mol. The minimum Gasteiger partial charge on any atom is -0.444 e. The fourth-order valence-electron chi connectivity index (χ4n) is 4.64. The van der Waals surface area contributed by atoms with Gasteiger partial charge in [0.25, 0.3) is 0 Å². The molecule has 18 heavy (non-hydrogen) atoms. The van der Waals surface area contributed by atoms with Gasteiger partial charge in [-0.25, -0.2) is 4.79 Å². The molecular weight excluding hydrogens is 226 g/mol. The first-order valence-corrected chi connectivity index (χ1v) is 7.36. The number of carbonyl (C=O) groups excluding carboxylic acids is 1. The lowest BCUT2D eigenvalue weighted by Crippen LogP contribution is -2.40. The van der Waals surface area contributed by atoms with Gasteiger partial charge in [-0.15, -0.1) is 0 Å². The molecule has 3 fully saturated rings. The molecule has 0 N–H and O–H groups in total. The Labute approximate surface area is 110 Å². The summed E-state index contributed by atoms with van der Waals surface area (Å²) in [5, 5.41) is 0. The van der Waals surface area contributed by atoms with E-state index in [9.17, 15) is 4.79 Å². The molecule has 1 amide bonds. The van der Waals surface area contributed by atoms with Gasteiger partial charge < -0.3 is 9.64 Å². The second-order valence-corrected chi connectivity index (χ2v) is 7.45. The minimum atomic E-state index is -0.381. The third-order valence-corrected chi connectivity index (χ3v) is 5.24. The Morgan fingerprint density at radius 1 is 1.22 bits per heavy atom. The van der Waals surface area contributed by atoms with E-state index in [0.717, 1.165) is 30.2 Å². The fraction of sp³-hybridized carbons (Fsp3) is 0.933. The second kappa shape index (κ2) is 3.88. The SMILES string of the molecule is CC1C2C3CCC(C3)C2CN1C(=O)OC(C)(C)C. The van der Waals surface area contributed by atoms with Crippen LogP contribution in [0.3, 0.4) is 0 Å². The maximum atomic E-state index is 12.2. The van der Waals surface area contributed by atoms with Crippen LogP contribution >= 0.6 is 0 Å². The number of hydrogen-bond donors (Lipinski definition) is 0. The van der Waals surface area contributed by atoms with Gasteiger partial charge in [-0.1, -0.05) is 0 Å². The van der Waals surface area contributed by atoms with E-state index < -0.39 is 0 Å². The molecule has 1 heterocycles. The summed E-state index contributed by atoms with van der Waals surface area (Å²) < 4.78 is 5.54. The van der Waals surface area contributed by atoms with Crippen LogP contribution in [0.1, 0.15) is 47.0 Å². The average molecular weight is 251 g/mol. The zero-order valence-electron chi connectivity index (χ0n) is 12.0. The summed E-state index contributed by atoms with van der Waals surface area (Å²) >= 11 is 0. The molecule has 0 aromatic carbocycles. The van der Waals surface area contributed by atoms with Crippen molar-refractivity contribution in [3.05, 3.63) is 0 Å². The van der Waals surface area contributed by atoms with Gasteiger partial charge in [0.1, 0.15) is 5.60 Å². The van der Waals surface area contributed by atoms with Gasteiger partial charge in [0.15, 0.2) is 0 Å². The van der Waals surface area contributed by atoms with E-state index in [1.807, 2.05) is 25.7 Å². The predicted molar refractivity (Wildman–Crippen MR) is 70.2 cm³/mol. The van der Waals surface area contributed by atoms with Crippen molar-refractivity contribution >= 4 is 6.09 Å². The van der Waals surface area contributed by atoms with E-state index in [2.05, 4.69) is 6.92 Å². The summed E-state index contributed by atoms with van der Waals surface area (Å²) in [6.07, 6.45) is 4.09. The summed E-state index contributed by atoms with van der Waals surface area (Å²) in [7, 11) is 0. The fourth-order valence-corrected chi connectivity index (χ4v) is 4.64. The Balaban J connectivity index is 1.71. The molecule has 1 saturated heterocycles. The highest BCUT2D eigenvalue weighted by Gasteiger charge is 2.56.